The van der Waals surface area contributed by atoms with Crippen LogP contribution in [0.25, 0.3) is 10.9 Å². The average molecular weight is 311 g/mol. The number of sulfonamides is 1. The molecule has 0 aliphatic rings. The molecule has 0 atom stereocenters. The van der Waals surface area contributed by atoms with Gasteiger partial charge in [0.1, 0.15) is 0 Å². The number of benzene rings is 2. The molecule has 3 rings (SSSR count). The van der Waals surface area contributed by atoms with Crippen molar-refractivity contribution in [2.45, 2.75) is 11.4 Å². The van der Waals surface area contributed by atoms with Crippen LogP contribution in [-0.2, 0) is 16.6 Å². The minimum absolute atomic E-state index is 0.141. The number of nitriles is 1. The van der Waals surface area contributed by atoms with Crippen LogP contribution in [-0.4, -0.2) is 13.4 Å². The minimum atomic E-state index is -3.60. The molecule has 5 nitrogen and oxygen atoms in total. The van der Waals surface area contributed by atoms with Gasteiger partial charge < -0.3 is 4.98 Å². The second kappa shape index (κ2) is 5.64. The van der Waals surface area contributed by atoms with E-state index in [-0.39, 0.29) is 11.4 Å². The highest BCUT2D eigenvalue weighted by molar-refractivity contribution is 7.89. The third kappa shape index (κ3) is 2.86. The van der Waals surface area contributed by atoms with E-state index in [2.05, 4.69) is 9.71 Å². The first-order chi connectivity index (χ1) is 10.6. The normalized spacial score (nSPS) is 11.4. The lowest BCUT2D eigenvalue weighted by Gasteiger charge is -2.05. The van der Waals surface area contributed by atoms with E-state index >= 15 is 0 Å². The first kappa shape index (κ1) is 14.3. The predicted octanol–water partition coefficient (Wildman–Crippen LogP) is 2.52. The summed E-state index contributed by atoms with van der Waals surface area (Å²) < 4.78 is 27.0. The van der Waals surface area contributed by atoms with Gasteiger partial charge in [-0.1, -0.05) is 18.2 Å². The summed E-state index contributed by atoms with van der Waals surface area (Å²) in [5.41, 5.74) is 2.18. The summed E-state index contributed by atoms with van der Waals surface area (Å²) in [6, 6.07) is 17.4. The van der Waals surface area contributed by atoms with Crippen molar-refractivity contribution < 1.29 is 8.42 Å². The molecule has 2 N–H and O–H groups in total. The number of hydrogen-bond acceptors (Lipinski definition) is 3. The van der Waals surface area contributed by atoms with Gasteiger partial charge in [-0.15, -0.1) is 0 Å². The quantitative estimate of drug-likeness (QED) is 0.776. The average Bonchev–Trinajstić information content (AvgIpc) is 2.96. The van der Waals surface area contributed by atoms with Gasteiger partial charge in [-0.2, -0.15) is 5.26 Å². The first-order valence-corrected chi connectivity index (χ1v) is 8.13. The van der Waals surface area contributed by atoms with Crippen LogP contribution in [0, 0.1) is 11.3 Å². The number of fused-ring (bicyclic) bond motifs is 1. The molecule has 0 unspecified atom stereocenters. The molecule has 0 aliphatic heterocycles. The van der Waals surface area contributed by atoms with Crippen molar-refractivity contribution in [3.8, 4) is 6.07 Å². The van der Waals surface area contributed by atoms with Gasteiger partial charge in [-0.3, -0.25) is 0 Å². The molecular formula is C16H13N3O2S. The maximum absolute atomic E-state index is 12.2. The van der Waals surface area contributed by atoms with E-state index in [1.54, 1.807) is 0 Å². The highest BCUT2D eigenvalue weighted by Gasteiger charge is 2.14. The Kier molecular flexibility index (Phi) is 3.67. The molecule has 0 bridgehead atoms. The topological polar surface area (TPSA) is 85.8 Å². The van der Waals surface area contributed by atoms with Gasteiger partial charge in [0.2, 0.25) is 10.0 Å². The van der Waals surface area contributed by atoms with Gasteiger partial charge in [-0.25, -0.2) is 13.1 Å². The molecule has 0 aliphatic carbocycles. The summed E-state index contributed by atoms with van der Waals surface area (Å²) in [7, 11) is -3.60. The van der Waals surface area contributed by atoms with Gasteiger partial charge in [0.25, 0.3) is 0 Å². The third-order valence-electron chi connectivity index (χ3n) is 3.33. The van der Waals surface area contributed by atoms with Gasteiger partial charge in [0, 0.05) is 11.2 Å². The number of aromatic nitrogens is 1. The number of nitrogens with zero attached hydrogens (tertiary/aromatic N) is 1. The number of hydrogen-bond donors (Lipinski definition) is 2. The fourth-order valence-electron chi connectivity index (χ4n) is 2.19. The lowest BCUT2D eigenvalue weighted by molar-refractivity contribution is 0.580. The molecule has 1 heterocycles. The van der Waals surface area contributed by atoms with Crippen molar-refractivity contribution in [3.05, 3.63) is 65.9 Å². The Bertz CT molecular complexity index is 918. The molecule has 0 spiro atoms. The van der Waals surface area contributed by atoms with Crippen molar-refractivity contribution in [3.63, 3.8) is 0 Å². The SMILES string of the molecule is N#Cc1ccc(S(=O)(=O)NCc2cc3ccccc3[nH]2)cc1. The summed E-state index contributed by atoms with van der Waals surface area (Å²) in [6.45, 7) is 0.178. The summed E-state index contributed by atoms with van der Waals surface area (Å²) in [5.74, 6) is 0. The summed E-state index contributed by atoms with van der Waals surface area (Å²) in [4.78, 5) is 3.31. The molecule has 0 saturated heterocycles. The lowest BCUT2D eigenvalue weighted by atomic mass is 10.2. The Morgan fingerprint density at radius 3 is 2.50 bits per heavy atom. The van der Waals surface area contributed by atoms with Crippen LogP contribution < -0.4 is 4.72 Å². The Hall–Kier alpha value is -2.62. The molecule has 0 saturated carbocycles. The molecule has 3 aromatic rings. The van der Waals surface area contributed by atoms with Crippen LogP contribution >= 0.6 is 0 Å². The second-order valence-corrected chi connectivity index (χ2v) is 6.61. The molecule has 2 aromatic carbocycles. The Balaban J connectivity index is 1.77. The van der Waals surface area contributed by atoms with Crippen molar-refractivity contribution in [2.75, 3.05) is 0 Å². The van der Waals surface area contributed by atoms with Crippen LogP contribution in [0.4, 0.5) is 0 Å². The minimum Gasteiger partial charge on any atom is -0.357 e. The zero-order chi connectivity index (χ0) is 15.6. The summed E-state index contributed by atoms with van der Waals surface area (Å²) in [5, 5.41) is 9.77. The van der Waals surface area contributed by atoms with E-state index in [0.29, 0.717) is 5.56 Å². The Morgan fingerprint density at radius 2 is 1.82 bits per heavy atom. The molecule has 0 radical (unpaired) electrons. The molecule has 0 amide bonds. The fraction of sp³-hybridized carbons (Fsp3) is 0.0625. The van der Waals surface area contributed by atoms with E-state index < -0.39 is 10.0 Å². The van der Waals surface area contributed by atoms with E-state index in [1.807, 2.05) is 36.4 Å². The van der Waals surface area contributed by atoms with Crippen LogP contribution in [0.15, 0.2) is 59.5 Å². The standard InChI is InChI=1S/C16H13N3O2S/c17-10-12-5-7-15(8-6-12)22(20,21)18-11-14-9-13-3-1-2-4-16(13)19-14/h1-9,18-19H,11H2. The molecule has 110 valence electrons. The number of rotatable bonds is 4. The van der Waals surface area contributed by atoms with E-state index in [4.69, 9.17) is 5.26 Å². The van der Waals surface area contributed by atoms with Crippen molar-refractivity contribution in [2.24, 2.45) is 0 Å². The van der Waals surface area contributed by atoms with Gasteiger partial charge >= 0.3 is 0 Å². The van der Waals surface area contributed by atoms with E-state index in [1.165, 1.54) is 24.3 Å². The summed E-state index contributed by atoms with van der Waals surface area (Å²) in [6.07, 6.45) is 0. The van der Waals surface area contributed by atoms with Crippen LogP contribution in [0.5, 0.6) is 0 Å². The van der Waals surface area contributed by atoms with Crippen molar-refractivity contribution >= 4 is 20.9 Å². The number of H-pyrrole nitrogens is 1. The molecule has 22 heavy (non-hydrogen) atoms. The Morgan fingerprint density at radius 1 is 1.09 bits per heavy atom. The zero-order valence-corrected chi connectivity index (χ0v) is 12.4. The lowest BCUT2D eigenvalue weighted by Crippen LogP contribution is -2.23. The largest absolute Gasteiger partial charge is 0.357 e. The number of nitrogens with one attached hydrogen (secondary N) is 2. The summed E-state index contributed by atoms with van der Waals surface area (Å²) >= 11 is 0. The van der Waals surface area contributed by atoms with Crippen LogP contribution in [0.1, 0.15) is 11.3 Å². The first-order valence-electron chi connectivity index (χ1n) is 6.65. The molecular weight excluding hydrogens is 298 g/mol. The number of aromatic amines is 1. The van der Waals surface area contributed by atoms with Crippen LogP contribution in [0.3, 0.4) is 0 Å². The van der Waals surface area contributed by atoms with Gasteiger partial charge in [0.15, 0.2) is 0 Å². The predicted molar refractivity (Wildman–Crippen MR) is 83.5 cm³/mol. The molecule has 6 heteroatoms. The number of para-hydroxylation sites is 1. The smallest absolute Gasteiger partial charge is 0.240 e. The van der Waals surface area contributed by atoms with Gasteiger partial charge in [-0.05, 0) is 41.8 Å². The zero-order valence-electron chi connectivity index (χ0n) is 11.6. The third-order valence-corrected chi connectivity index (χ3v) is 4.75. The fourth-order valence-corrected chi connectivity index (χ4v) is 3.20. The van der Waals surface area contributed by atoms with E-state index in [9.17, 15) is 8.42 Å². The maximum Gasteiger partial charge on any atom is 0.240 e. The Labute approximate surface area is 128 Å². The van der Waals surface area contributed by atoms with Crippen molar-refractivity contribution in [1.82, 2.24) is 9.71 Å². The second-order valence-electron chi connectivity index (χ2n) is 4.84. The van der Waals surface area contributed by atoms with Crippen molar-refractivity contribution in [1.29, 1.82) is 5.26 Å². The molecule has 0 fully saturated rings. The maximum atomic E-state index is 12.2. The van der Waals surface area contributed by atoms with Gasteiger partial charge in [0.05, 0.1) is 23.1 Å². The highest BCUT2D eigenvalue weighted by atomic mass is 32.2. The monoisotopic (exact) mass is 311 g/mol. The van der Waals surface area contributed by atoms with E-state index in [0.717, 1.165) is 16.6 Å². The molecule has 1 aromatic heterocycles. The highest BCUT2D eigenvalue weighted by Crippen LogP contribution is 2.15. The van der Waals surface area contributed by atoms with Crippen LogP contribution in [0.2, 0.25) is 0 Å².